The zero-order valence-corrected chi connectivity index (χ0v) is 16.2. The molecule has 3 heteroatoms. The van der Waals surface area contributed by atoms with Crippen LogP contribution in [0.2, 0.25) is 0 Å². The van der Waals surface area contributed by atoms with Gasteiger partial charge < -0.3 is 4.74 Å². The molecule has 0 aliphatic rings. The van der Waals surface area contributed by atoms with E-state index in [1.165, 1.54) is 53.5 Å². The van der Waals surface area contributed by atoms with E-state index in [2.05, 4.69) is 55.1 Å². The van der Waals surface area contributed by atoms with Gasteiger partial charge in [-0.15, -0.1) is 11.8 Å². The summed E-state index contributed by atoms with van der Waals surface area (Å²) in [6, 6.07) is 19.3. The summed E-state index contributed by atoms with van der Waals surface area (Å²) in [5.41, 5.74) is 2.54. The second-order valence-corrected chi connectivity index (χ2v) is 7.40. The Bertz CT molecular complexity index is 650. The lowest BCUT2D eigenvalue weighted by molar-refractivity contribution is -0.137. The fraction of sp³-hybridized carbons (Fsp3) is 0.348. The Kier molecular flexibility index (Phi) is 9.66. The van der Waals surface area contributed by atoms with Gasteiger partial charge in [-0.05, 0) is 41.9 Å². The molecule has 0 unspecified atom stereocenters. The second kappa shape index (κ2) is 12.4. The number of carbonyl (C=O) groups excluding carboxylic acids is 1. The smallest absolute Gasteiger partial charge is 0.330 e. The lowest BCUT2D eigenvalue weighted by Gasteiger charge is -2.05. The van der Waals surface area contributed by atoms with Crippen molar-refractivity contribution in [3.8, 4) is 11.1 Å². The van der Waals surface area contributed by atoms with Crippen molar-refractivity contribution in [2.45, 2.75) is 43.4 Å². The molecule has 2 aromatic rings. The van der Waals surface area contributed by atoms with Gasteiger partial charge in [-0.25, -0.2) is 4.79 Å². The number of benzene rings is 2. The van der Waals surface area contributed by atoms with Crippen LogP contribution in [0.4, 0.5) is 0 Å². The summed E-state index contributed by atoms with van der Waals surface area (Å²) in [6.45, 7) is 3.89. The molecule has 0 amide bonds. The van der Waals surface area contributed by atoms with Gasteiger partial charge in [-0.1, -0.05) is 74.7 Å². The summed E-state index contributed by atoms with van der Waals surface area (Å²) in [7, 11) is 0. The van der Waals surface area contributed by atoms with Crippen LogP contribution in [0.25, 0.3) is 11.1 Å². The molecule has 0 heterocycles. The van der Waals surface area contributed by atoms with Crippen LogP contribution in [0.3, 0.4) is 0 Å². The van der Waals surface area contributed by atoms with Crippen LogP contribution in [0, 0.1) is 0 Å². The Morgan fingerprint density at radius 2 is 1.46 bits per heavy atom. The van der Waals surface area contributed by atoms with E-state index in [1.807, 2.05) is 17.8 Å². The SMILES string of the molecule is C=CC(=O)OCCCCCCCCSc1ccc(-c2ccccc2)cc1. The van der Waals surface area contributed by atoms with Crippen molar-refractivity contribution < 1.29 is 9.53 Å². The van der Waals surface area contributed by atoms with Crippen molar-refractivity contribution in [2.24, 2.45) is 0 Å². The first-order valence-electron chi connectivity index (χ1n) is 9.37. The van der Waals surface area contributed by atoms with Crippen LogP contribution < -0.4 is 0 Å². The van der Waals surface area contributed by atoms with E-state index in [0.29, 0.717) is 6.61 Å². The Morgan fingerprint density at radius 1 is 0.846 bits per heavy atom. The minimum Gasteiger partial charge on any atom is -0.463 e. The molecule has 138 valence electrons. The van der Waals surface area contributed by atoms with E-state index in [9.17, 15) is 4.79 Å². The molecule has 0 fully saturated rings. The second-order valence-electron chi connectivity index (χ2n) is 6.23. The first kappa shape index (κ1) is 20.3. The Balaban J connectivity index is 1.51. The van der Waals surface area contributed by atoms with Crippen molar-refractivity contribution >= 4 is 17.7 Å². The molecule has 0 atom stereocenters. The summed E-state index contributed by atoms with van der Waals surface area (Å²) in [5.74, 6) is 0.848. The number of esters is 1. The highest BCUT2D eigenvalue weighted by Crippen LogP contribution is 2.25. The monoisotopic (exact) mass is 368 g/mol. The first-order chi connectivity index (χ1) is 12.8. The third kappa shape index (κ3) is 7.92. The topological polar surface area (TPSA) is 26.3 Å². The minimum atomic E-state index is -0.321. The maximum atomic E-state index is 10.9. The Hall–Kier alpha value is -2.00. The highest BCUT2D eigenvalue weighted by atomic mass is 32.2. The van der Waals surface area contributed by atoms with Crippen molar-refractivity contribution in [1.82, 2.24) is 0 Å². The molecule has 0 N–H and O–H groups in total. The zero-order valence-electron chi connectivity index (χ0n) is 15.4. The van der Waals surface area contributed by atoms with Crippen LogP contribution in [0.5, 0.6) is 0 Å². The average Bonchev–Trinajstić information content (AvgIpc) is 2.70. The molecule has 2 nitrogen and oxygen atoms in total. The van der Waals surface area contributed by atoms with Gasteiger partial charge in [0.05, 0.1) is 6.61 Å². The maximum Gasteiger partial charge on any atom is 0.330 e. The molecule has 0 aromatic heterocycles. The normalized spacial score (nSPS) is 10.5. The summed E-state index contributed by atoms with van der Waals surface area (Å²) in [4.78, 5) is 12.2. The van der Waals surface area contributed by atoms with Gasteiger partial charge in [0.15, 0.2) is 0 Å². The van der Waals surface area contributed by atoms with Crippen LogP contribution in [-0.2, 0) is 9.53 Å². The van der Waals surface area contributed by atoms with Gasteiger partial charge >= 0.3 is 5.97 Å². The molecule has 0 saturated heterocycles. The van der Waals surface area contributed by atoms with Gasteiger partial charge in [0, 0.05) is 11.0 Å². The van der Waals surface area contributed by atoms with E-state index in [0.717, 1.165) is 12.8 Å². The van der Waals surface area contributed by atoms with E-state index in [1.54, 1.807) is 0 Å². The maximum absolute atomic E-state index is 10.9. The summed E-state index contributed by atoms with van der Waals surface area (Å²) < 4.78 is 4.96. The molecule has 0 bridgehead atoms. The molecule has 0 radical (unpaired) electrons. The molecule has 2 rings (SSSR count). The summed E-state index contributed by atoms with van der Waals surface area (Å²) in [5, 5.41) is 0. The van der Waals surface area contributed by atoms with Gasteiger partial charge in [-0.2, -0.15) is 0 Å². The molecule has 2 aromatic carbocycles. The van der Waals surface area contributed by atoms with Crippen molar-refractivity contribution in [3.63, 3.8) is 0 Å². The average molecular weight is 369 g/mol. The molecular formula is C23H28O2S. The van der Waals surface area contributed by atoms with Crippen LogP contribution >= 0.6 is 11.8 Å². The molecule has 0 aliphatic heterocycles. The molecule has 0 saturated carbocycles. The number of carbonyl (C=O) groups is 1. The summed E-state index contributed by atoms with van der Waals surface area (Å²) >= 11 is 1.94. The fourth-order valence-corrected chi connectivity index (χ4v) is 3.62. The summed E-state index contributed by atoms with van der Waals surface area (Å²) in [6.07, 6.45) is 8.26. The van der Waals surface area contributed by atoms with Crippen molar-refractivity contribution in [1.29, 1.82) is 0 Å². The van der Waals surface area contributed by atoms with Crippen molar-refractivity contribution in [3.05, 3.63) is 67.3 Å². The molecule has 0 aliphatic carbocycles. The van der Waals surface area contributed by atoms with Gasteiger partial charge in [0.25, 0.3) is 0 Å². The van der Waals surface area contributed by atoms with Crippen LogP contribution in [-0.4, -0.2) is 18.3 Å². The van der Waals surface area contributed by atoms with Gasteiger partial charge in [0.2, 0.25) is 0 Å². The quantitative estimate of drug-likeness (QED) is 0.185. The van der Waals surface area contributed by atoms with E-state index >= 15 is 0 Å². The van der Waals surface area contributed by atoms with Gasteiger partial charge in [-0.3, -0.25) is 0 Å². The Labute approximate surface area is 161 Å². The van der Waals surface area contributed by atoms with Crippen LogP contribution in [0.1, 0.15) is 38.5 Å². The highest BCUT2D eigenvalue weighted by molar-refractivity contribution is 7.99. The third-order valence-corrected chi connectivity index (χ3v) is 5.28. The standard InChI is InChI=1S/C23H28O2S/c1-2-23(24)25-18-10-5-3-4-6-11-19-26-22-16-14-21(15-17-22)20-12-8-7-9-13-20/h2,7-9,12-17H,1,3-6,10-11,18-19H2. The predicted octanol–water partition coefficient (Wildman–Crippen LogP) is 6.52. The highest BCUT2D eigenvalue weighted by Gasteiger charge is 1.99. The zero-order chi connectivity index (χ0) is 18.5. The largest absolute Gasteiger partial charge is 0.463 e. The Morgan fingerprint density at radius 3 is 2.15 bits per heavy atom. The van der Waals surface area contributed by atoms with Gasteiger partial charge in [0.1, 0.15) is 0 Å². The number of unbranched alkanes of at least 4 members (excludes halogenated alkanes) is 5. The predicted molar refractivity (Wildman–Crippen MR) is 111 cm³/mol. The van der Waals surface area contributed by atoms with E-state index in [4.69, 9.17) is 4.74 Å². The molecule has 26 heavy (non-hydrogen) atoms. The number of rotatable bonds is 12. The molecular weight excluding hydrogens is 340 g/mol. The third-order valence-electron chi connectivity index (χ3n) is 4.18. The minimum absolute atomic E-state index is 0.321. The van der Waals surface area contributed by atoms with E-state index < -0.39 is 0 Å². The number of hydrogen-bond donors (Lipinski definition) is 0. The number of hydrogen-bond acceptors (Lipinski definition) is 3. The van der Waals surface area contributed by atoms with Crippen molar-refractivity contribution in [2.75, 3.05) is 12.4 Å². The molecule has 0 spiro atoms. The van der Waals surface area contributed by atoms with E-state index in [-0.39, 0.29) is 5.97 Å². The first-order valence-corrected chi connectivity index (χ1v) is 10.4. The lowest BCUT2D eigenvalue weighted by atomic mass is 10.1. The number of thioether (sulfide) groups is 1. The fourth-order valence-electron chi connectivity index (χ4n) is 2.71. The number of ether oxygens (including phenoxy) is 1. The lowest BCUT2D eigenvalue weighted by Crippen LogP contribution is -2.01. The van der Waals surface area contributed by atoms with Crippen LogP contribution in [0.15, 0.2) is 72.1 Å².